The smallest absolute Gasteiger partial charge is 0.147 e. The van der Waals surface area contributed by atoms with Gasteiger partial charge in [-0.1, -0.05) is 152 Å². The van der Waals surface area contributed by atoms with Crippen molar-refractivity contribution in [1.82, 2.24) is 15.0 Å². The maximum atomic E-state index is 7.02. The molecule has 6 aromatic carbocycles. The third-order valence-corrected chi connectivity index (χ3v) is 9.65. The summed E-state index contributed by atoms with van der Waals surface area (Å²) in [5, 5.41) is 4.03. The van der Waals surface area contributed by atoms with Crippen LogP contribution in [-0.4, -0.2) is 15.0 Å². The molecule has 0 saturated heterocycles. The number of pyridine rings is 3. The first kappa shape index (κ1) is 29.0. The van der Waals surface area contributed by atoms with Gasteiger partial charge in [0.05, 0.1) is 39.0 Å². The van der Waals surface area contributed by atoms with Crippen LogP contribution in [0.15, 0.2) is 180 Å². The van der Waals surface area contributed by atoms with Crippen molar-refractivity contribution in [2.45, 2.75) is 0 Å². The van der Waals surface area contributed by atoms with Crippen LogP contribution in [-0.2, 0) is 0 Å². The van der Waals surface area contributed by atoms with Crippen molar-refractivity contribution in [3.8, 4) is 56.2 Å². The van der Waals surface area contributed by atoms with Gasteiger partial charge in [0.25, 0.3) is 0 Å². The minimum atomic E-state index is 0.804. The van der Waals surface area contributed by atoms with E-state index in [1.54, 1.807) is 0 Å². The summed E-state index contributed by atoms with van der Waals surface area (Å²) in [6.45, 7) is 0. The van der Waals surface area contributed by atoms with Crippen LogP contribution < -0.4 is 0 Å². The van der Waals surface area contributed by atoms with Crippen molar-refractivity contribution in [2.75, 3.05) is 0 Å². The quantitative estimate of drug-likeness (QED) is 0.174. The number of fused-ring (bicyclic) bond motifs is 6. The molecule has 0 unspecified atom stereocenters. The normalized spacial score (nSPS) is 11.5. The summed E-state index contributed by atoms with van der Waals surface area (Å²) in [6.07, 6.45) is 0. The molecule has 4 aromatic heterocycles. The Morgan fingerprint density at radius 2 is 0.902 bits per heavy atom. The molecule has 0 spiro atoms. The SMILES string of the molecule is c1ccc(-c2ccc3ccc4ccc(-c5ccc6nc(-c7ccccc7)c7c(-c8ccccc8)c(-c8ccccc8)oc7c6c5)nc4c3n2)cc1. The molecule has 238 valence electrons. The van der Waals surface area contributed by atoms with Crippen molar-refractivity contribution in [2.24, 2.45) is 0 Å². The third-order valence-electron chi connectivity index (χ3n) is 9.65. The van der Waals surface area contributed by atoms with Gasteiger partial charge < -0.3 is 4.42 Å². The molecule has 4 nitrogen and oxygen atoms in total. The predicted octanol–water partition coefficient (Wildman–Crippen LogP) is 12.4. The second-order valence-corrected chi connectivity index (χ2v) is 12.8. The maximum Gasteiger partial charge on any atom is 0.147 e. The molecule has 0 amide bonds. The molecule has 0 N–H and O–H groups in total. The summed E-state index contributed by atoms with van der Waals surface area (Å²) in [4.78, 5) is 15.7. The Labute approximate surface area is 294 Å². The molecular weight excluding hydrogens is 623 g/mol. The average Bonchev–Trinajstić information content (AvgIpc) is 3.62. The van der Waals surface area contributed by atoms with Crippen molar-refractivity contribution in [3.63, 3.8) is 0 Å². The molecule has 10 aromatic rings. The first-order valence-corrected chi connectivity index (χ1v) is 17.1. The number of hydrogen-bond acceptors (Lipinski definition) is 4. The van der Waals surface area contributed by atoms with E-state index in [0.29, 0.717) is 0 Å². The first-order chi connectivity index (χ1) is 25.3. The summed E-state index contributed by atoms with van der Waals surface area (Å²) in [6, 6.07) is 60.6. The van der Waals surface area contributed by atoms with E-state index in [4.69, 9.17) is 19.4 Å². The lowest BCUT2D eigenvalue weighted by molar-refractivity contribution is 0.636. The fraction of sp³-hybridized carbons (Fsp3) is 0. The molecule has 0 radical (unpaired) electrons. The molecule has 0 fully saturated rings. The maximum absolute atomic E-state index is 7.02. The molecule has 0 bridgehead atoms. The van der Waals surface area contributed by atoms with Gasteiger partial charge in [-0.2, -0.15) is 0 Å². The highest BCUT2D eigenvalue weighted by Gasteiger charge is 2.24. The van der Waals surface area contributed by atoms with E-state index in [9.17, 15) is 0 Å². The summed E-state index contributed by atoms with van der Waals surface area (Å²) in [5.74, 6) is 0.823. The largest absolute Gasteiger partial charge is 0.455 e. The van der Waals surface area contributed by atoms with Gasteiger partial charge in [0.1, 0.15) is 11.3 Å². The number of benzene rings is 6. The highest BCUT2D eigenvalue weighted by Crippen LogP contribution is 2.47. The van der Waals surface area contributed by atoms with Gasteiger partial charge in [0.2, 0.25) is 0 Å². The van der Waals surface area contributed by atoms with Crippen molar-refractivity contribution in [1.29, 1.82) is 0 Å². The van der Waals surface area contributed by atoms with Gasteiger partial charge in [-0.15, -0.1) is 0 Å². The molecule has 4 heterocycles. The van der Waals surface area contributed by atoms with Crippen LogP contribution in [0.5, 0.6) is 0 Å². The Balaban J connectivity index is 1.23. The molecule has 0 aliphatic carbocycles. The lowest BCUT2D eigenvalue weighted by atomic mass is 9.94. The molecular formula is C47H29N3O. The molecule has 10 rings (SSSR count). The van der Waals surface area contributed by atoms with Crippen LogP contribution in [0.25, 0.3) is 99.9 Å². The lowest BCUT2D eigenvalue weighted by Gasteiger charge is -2.11. The van der Waals surface area contributed by atoms with Crippen molar-refractivity contribution < 1.29 is 4.42 Å². The minimum Gasteiger partial charge on any atom is -0.455 e. The highest BCUT2D eigenvalue weighted by molar-refractivity contribution is 6.17. The Kier molecular flexibility index (Phi) is 6.78. The highest BCUT2D eigenvalue weighted by atomic mass is 16.3. The van der Waals surface area contributed by atoms with E-state index in [1.807, 2.05) is 36.4 Å². The van der Waals surface area contributed by atoms with Crippen LogP contribution in [0, 0.1) is 0 Å². The minimum absolute atomic E-state index is 0.804. The molecule has 0 aliphatic rings. The Morgan fingerprint density at radius 1 is 0.392 bits per heavy atom. The van der Waals surface area contributed by atoms with Crippen LogP contribution in [0.1, 0.15) is 0 Å². The van der Waals surface area contributed by atoms with Crippen LogP contribution in [0.4, 0.5) is 0 Å². The number of aromatic nitrogens is 3. The van der Waals surface area contributed by atoms with E-state index >= 15 is 0 Å². The number of rotatable bonds is 5. The number of furan rings is 1. The zero-order valence-corrected chi connectivity index (χ0v) is 27.5. The average molecular weight is 652 g/mol. The summed E-state index contributed by atoms with van der Waals surface area (Å²) in [7, 11) is 0. The lowest BCUT2D eigenvalue weighted by Crippen LogP contribution is -1.92. The second kappa shape index (κ2) is 11.9. The zero-order chi connectivity index (χ0) is 33.7. The summed E-state index contributed by atoms with van der Waals surface area (Å²) >= 11 is 0. The van der Waals surface area contributed by atoms with Crippen molar-refractivity contribution in [3.05, 3.63) is 176 Å². The molecule has 0 saturated carbocycles. The van der Waals surface area contributed by atoms with Gasteiger partial charge in [-0.3, -0.25) is 0 Å². The fourth-order valence-electron chi connectivity index (χ4n) is 7.17. The molecule has 4 heteroatoms. The van der Waals surface area contributed by atoms with Gasteiger partial charge in [-0.25, -0.2) is 15.0 Å². The van der Waals surface area contributed by atoms with Crippen LogP contribution in [0.2, 0.25) is 0 Å². The molecule has 0 aliphatic heterocycles. The zero-order valence-electron chi connectivity index (χ0n) is 27.5. The van der Waals surface area contributed by atoms with E-state index < -0.39 is 0 Å². The van der Waals surface area contributed by atoms with Crippen molar-refractivity contribution >= 4 is 43.7 Å². The summed E-state index contributed by atoms with van der Waals surface area (Å²) < 4.78 is 7.02. The van der Waals surface area contributed by atoms with Gasteiger partial charge in [-0.05, 0) is 29.8 Å². The fourth-order valence-corrected chi connectivity index (χ4v) is 7.17. The van der Waals surface area contributed by atoms with Crippen LogP contribution in [0.3, 0.4) is 0 Å². The van der Waals surface area contributed by atoms with Crippen LogP contribution >= 0.6 is 0 Å². The van der Waals surface area contributed by atoms with E-state index in [1.165, 1.54) is 0 Å². The monoisotopic (exact) mass is 651 g/mol. The number of hydrogen-bond donors (Lipinski definition) is 0. The van der Waals surface area contributed by atoms with E-state index in [0.717, 1.165) is 99.9 Å². The molecule has 51 heavy (non-hydrogen) atoms. The Hall–Kier alpha value is -6.91. The Morgan fingerprint density at radius 3 is 1.51 bits per heavy atom. The second-order valence-electron chi connectivity index (χ2n) is 12.8. The Bertz CT molecular complexity index is 2880. The number of nitrogens with zero attached hydrogens (tertiary/aromatic N) is 3. The standard InChI is InChI=1S/C47H29N3O/c1-5-13-30(14-6-1)38-26-23-33-21-22-34-24-27-39(49-45(34)44(33)48-38)36-25-28-40-37(29-36)47-42(43(50-40)32-17-9-3-10-18-32)41(31-15-7-2-8-16-31)46(51-47)35-19-11-4-12-20-35/h1-29H. The molecule has 0 atom stereocenters. The van der Waals surface area contributed by atoms with Gasteiger partial charge in [0, 0.05) is 44.0 Å². The third kappa shape index (κ3) is 4.96. The topological polar surface area (TPSA) is 51.8 Å². The predicted molar refractivity (Wildman–Crippen MR) is 209 cm³/mol. The van der Waals surface area contributed by atoms with Gasteiger partial charge >= 0.3 is 0 Å². The first-order valence-electron chi connectivity index (χ1n) is 17.1. The van der Waals surface area contributed by atoms with Gasteiger partial charge in [0.15, 0.2) is 0 Å². The summed E-state index contributed by atoms with van der Waals surface area (Å²) in [5.41, 5.74) is 12.3. The van der Waals surface area contributed by atoms with E-state index in [2.05, 4.69) is 140 Å². The van der Waals surface area contributed by atoms with E-state index in [-0.39, 0.29) is 0 Å².